The van der Waals surface area contributed by atoms with Gasteiger partial charge in [0.1, 0.15) is 6.33 Å². The fraction of sp³-hybridized carbons (Fsp3) is 0.538. The molecule has 2 saturated carbocycles. The van der Waals surface area contributed by atoms with Gasteiger partial charge in [0.05, 0.1) is 16.7 Å². The summed E-state index contributed by atoms with van der Waals surface area (Å²) in [5.41, 5.74) is 6.72. The highest BCUT2D eigenvalue weighted by Crippen LogP contribution is 2.66. The molecule has 4 unspecified atom stereocenters. The van der Waals surface area contributed by atoms with Crippen LogP contribution in [-0.2, 0) is 0 Å². The summed E-state index contributed by atoms with van der Waals surface area (Å²) < 4.78 is 2.37. The van der Waals surface area contributed by atoms with E-state index in [9.17, 15) is 5.21 Å². The number of hydrogen-bond acceptors (Lipinski definition) is 3. The molecule has 0 amide bonds. The van der Waals surface area contributed by atoms with Gasteiger partial charge in [0.2, 0.25) is 0 Å². The number of benzene rings is 1. The van der Waals surface area contributed by atoms with E-state index in [0.29, 0.717) is 0 Å². The van der Waals surface area contributed by atoms with Crippen molar-refractivity contribution < 1.29 is 5.21 Å². The fourth-order valence-corrected chi connectivity index (χ4v) is 7.72. The zero-order chi connectivity index (χ0) is 20.5. The molecule has 6 rings (SSSR count). The van der Waals surface area contributed by atoms with Crippen LogP contribution in [0.1, 0.15) is 58.8 Å². The van der Waals surface area contributed by atoms with Crippen molar-refractivity contribution in [2.75, 3.05) is 0 Å². The molecule has 0 radical (unpaired) electrons. The maximum atomic E-state index is 9.28. The van der Waals surface area contributed by atoms with Crippen molar-refractivity contribution in [2.45, 2.75) is 58.8 Å². The van der Waals surface area contributed by atoms with E-state index in [1.807, 2.05) is 6.33 Å². The molecular weight excluding hydrogens is 370 g/mol. The highest BCUT2D eigenvalue weighted by molar-refractivity contribution is 5.96. The fourth-order valence-electron chi connectivity index (χ4n) is 7.72. The van der Waals surface area contributed by atoms with E-state index >= 15 is 0 Å². The van der Waals surface area contributed by atoms with Gasteiger partial charge in [-0.2, -0.15) is 0 Å². The van der Waals surface area contributed by atoms with Crippen LogP contribution in [-0.4, -0.2) is 20.5 Å². The maximum absolute atomic E-state index is 9.28. The largest absolute Gasteiger partial charge is 0.411 e. The Balaban J connectivity index is 1.35. The summed E-state index contributed by atoms with van der Waals surface area (Å²) in [5.74, 6) is 2.25. The van der Waals surface area contributed by atoms with Crippen LogP contribution < -0.4 is 0 Å². The van der Waals surface area contributed by atoms with Gasteiger partial charge in [-0.15, -0.1) is 0 Å². The third-order valence-electron chi connectivity index (χ3n) is 9.36. The summed E-state index contributed by atoms with van der Waals surface area (Å²) in [6.07, 6.45) is 15.0. The van der Waals surface area contributed by atoms with Crippen LogP contribution in [0.15, 0.2) is 53.5 Å². The summed E-state index contributed by atoms with van der Waals surface area (Å²) >= 11 is 0. The molecular formula is C26H31N3O. The van der Waals surface area contributed by atoms with Gasteiger partial charge in [-0.3, -0.25) is 0 Å². The van der Waals surface area contributed by atoms with Crippen molar-refractivity contribution in [3.63, 3.8) is 0 Å². The Morgan fingerprint density at radius 2 is 1.93 bits per heavy atom. The van der Waals surface area contributed by atoms with Gasteiger partial charge >= 0.3 is 0 Å². The van der Waals surface area contributed by atoms with E-state index in [2.05, 4.69) is 65.0 Å². The number of nitrogens with zero attached hydrogens (tertiary/aromatic N) is 3. The first-order chi connectivity index (χ1) is 14.5. The van der Waals surface area contributed by atoms with Crippen molar-refractivity contribution in [3.8, 4) is 0 Å². The van der Waals surface area contributed by atoms with Gasteiger partial charge in [0.15, 0.2) is 0 Å². The molecule has 1 heterocycles. The Hall–Kier alpha value is -2.36. The lowest BCUT2D eigenvalue weighted by atomic mass is 9.47. The van der Waals surface area contributed by atoms with Gasteiger partial charge in [-0.1, -0.05) is 42.8 Å². The van der Waals surface area contributed by atoms with E-state index in [-0.39, 0.29) is 10.8 Å². The highest BCUT2D eigenvalue weighted by Gasteiger charge is 2.57. The van der Waals surface area contributed by atoms with E-state index in [4.69, 9.17) is 0 Å². The Bertz CT molecular complexity index is 1110. The van der Waals surface area contributed by atoms with Crippen LogP contribution in [0, 0.1) is 28.6 Å². The average molecular weight is 402 g/mol. The molecule has 4 aliphatic rings. The molecule has 0 aliphatic heterocycles. The van der Waals surface area contributed by atoms with Gasteiger partial charge in [-0.25, -0.2) is 4.98 Å². The topological polar surface area (TPSA) is 50.4 Å². The van der Waals surface area contributed by atoms with Crippen LogP contribution in [0.2, 0.25) is 0 Å². The van der Waals surface area contributed by atoms with Crippen LogP contribution >= 0.6 is 0 Å². The second-order valence-electron chi connectivity index (χ2n) is 10.5. The summed E-state index contributed by atoms with van der Waals surface area (Å²) in [4.78, 5) is 4.68. The lowest BCUT2D eigenvalue weighted by molar-refractivity contribution is -0.0203. The van der Waals surface area contributed by atoms with E-state index in [1.165, 1.54) is 42.5 Å². The predicted octanol–water partition coefficient (Wildman–Crippen LogP) is 6.28. The van der Waals surface area contributed by atoms with Crippen molar-refractivity contribution in [1.82, 2.24) is 9.55 Å². The molecule has 4 heteroatoms. The number of rotatable bonds is 1. The summed E-state index contributed by atoms with van der Waals surface area (Å²) in [6.45, 7) is 5.02. The SMILES string of the molecule is CC12CC[C@@H]3C(CCC4=C/C(=N/O)CCC43C)C1CC=C2n1cnc2ccccc21. The molecule has 1 aromatic carbocycles. The number of para-hydroxylation sites is 2. The summed E-state index contributed by atoms with van der Waals surface area (Å²) in [5, 5.41) is 12.8. The van der Waals surface area contributed by atoms with Crippen LogP contribution in [0.5, 0.6) is 0 Å². The molecule has 0 spiro atoms. The first-order valence-electron chi connectivity index (χ1n) is 11.6. The average Bonchev–Trinajstić information content (AvgIpc) is 3.33. The molecule has 5 atom stereocenters. The number of imidazole rings is 1. The second kappa shape index (κ2) is 6.32. The van der Waals surface area contributed by atoms with Crippen molar-refractivity contribution >= 4 is 22.4 Å². The standard InChI is InChI=1S/C26H31N3O/c1-25-13-11-18(28-30)15-17(25)7-8-19-20-9-10-24(26(20,2)14-12-21(19)25)29-16-27-22-5-3-4-6-23(22)29/h3-6,10,15-16,19-21,30H,7-9,11-14H2,1-2H3/b28-18+/t19?,20?,21-,25?,26?/m1/s1. The lowest BCUT2D eigenvalue weighted by Crippen LogP contribution is -2.50. The highest BCUT2D eigenvalue weighted by atomic mass is 16.4. The third-order valence-corrected chi connectivity index (χ3v) is 9.36. The molecule has 2 fully saturated rings. The van der Waals surface area contributed by atoms with Crippen LogP contribution in [0.25, 0.3) is 16.7 Å². The molecule has 2 aromatic rings. The smallest absolute Gasteiger partial charge is 0.100 e. The van der Waals surface area contributed by atoms with Gasteiger partial charge in [-0.05, 0) is 86.3 Å². The van der Waals surface area contributed by atoms with Crippen LogP contribution in [0.4, 0.5) is 0 Å². The summed E-state index contributed by atoms with van der Waals surface area (Å²) in [7, 11) is 0. The molecule has 0 bridgehead atoms. The minimum absolute atomic E-state index is 0.231. The molecule has 30 heavy (non-hydrogen) atoms. The quantitative estimate of drug-likeness (QED) is 0.451. The normalized spacial score (nSPS) is 39.3. The Labute approximate surface area is 178 Å². The Kier molecular flexibility index (Phi) is 3.88. The third kappa shape index (κ3) is 2.34. The first kappa shape index (κ1) is 18.4. The number of oxime groups is 1. The van der Waals surface area contributed by atoms with Gasteiger partial charge < -0.3 is 9.77 Å². The number of aromatic nitrogens is 2. The minimum atomic E-state index is 0.231. The monoisotopic (exact) mass is 401 g/mol. The van der Waals surface area contributed by atoms with Crippen molar-refractivity contribution in [3.05, 3.63) is 48.3 Å². The molecule has 156 valence electrons. The number of allylic oxidation sites excluding steroid dienone is 4. The zero-order valence-corrected chi connectivity index (χ0v) is 18.0. The van der Waals surface area contributed by atoms with E-state index < -0.39 is 0 Å². The van der Waals surface area contributed by atoms with E-state index in [0.717, 1.165) is 48.2 Å². The second-order valence-corrected chi connectivity index (χ2v) is 10.5. The van der Waals surface area contributed by atoms with Gasteiger partial charge in [0.25, 0.3) is 0 Å². The van der Waals surface area contributed by atoms with Crippen molar-refractivity contribution in [2.24, 2.45) is 33.7 Å². The Morgan fingerprint density at radius 1 is 1.07 bits per heavy atom. The Morgan fingerprint density at radius 3 is 2.80 bits per heavy atom. The zero-order valence-electron chi connectivity index (χ0n) is 18.0. The number of fused-ring (bicyclic) bond motifs is 6. The predicted molar refractivity (Wildman–Crippen MR) is 120 cm³/mol. The maximum Gasteiger partial charge on any atom is 0.100 e. The lowest BCUT2D eigenvalue weighted by Gasteiger charge is -2.57. The summed E-state index contributed by atoms with van der Waals surface area (Å²) in [6, 6.07) is 8.51. The molecule has 0 saturated heterocycles. The van der Waals surface area contributed by atoms with Crippen molar-refractivity contribution in [1.29, 1.82) is 0 Å². The molecule has 4 nitrogen and oxygen atoms in total. The molecule has 1 N–H and O–H groups in total. The minimum Gasteiger partial charge on any atom is -0.411 e. The van der Waals surface area contributed by atoms with E-state index in [1.54, 1.807) is 0 Å². The number of hydrogen-bond donors (Lipinski definition) is 1. The first-order valence-corrected chi connectivity index (χ1v) is 11.6. The molecule has 1 aromatic heterocycles. The van der Waals surface area contributed by atoms with Crippen LogP contribution in [0.3, 0.4) is 0 Å². The molecule has 4 aliphatic carbocycles. The van der Waals surface area contributed by atoms with Gasteiger partial charge in [0, 0.05) is 11.1 Å².